The van der Waals surface area contributed by atoms with Crippen LogP contribution in [0.1, 0.15) is 0 Å². The molecule has 1 N–H and O–H groups in total. The molecule has 0 bridgehead atoms. The minimum absolute atomic E-state index is 0.735. The molecule has 0 aromatic rings. The smallest absolute Gasteiger partial charge is 0.0625 e. The molecule has 3 aliphatic heterocycles. The summed E-state index contributed by atoms with van der Waals surface area (Å²) >= 11 is 0. The fourth-order valence-corrected chi connectivity index (χ4v) is 2.98. The third kappa shape index (κ3) is 0.934. The topological polar surface area (TPSA) is 24.5 Å². The second-order valence-corrected chi connectivity index (χ2v) is 4.22. The number of hydrogen-bond acceptors (Lipinski definition) is 3. The standard InChI is InChI=1S/C9H16N2O/c1-2-12-6-9-8-4-10-3-7(8)5-11(1)9/h7-10H,1-6H2/t7-,8+,9-/m0/s1. The first-order valence-electron chi connectivity index (χ1n) is 4.97. The van der Waals surface area contributed by atoms with Gasteiger partial charge in [0.25, 0.3) is 0 Å². The lowest BCUT2D eigenvalue weighted by Crippen LogP contribution is -2.44. The van der Waals surface area contributed by atoms with E-state index < -0.39 is 0 Å². The molecule has 12 heavy (non-hydrogen) atoms. The Morgan fingerprint density at radius 1 is 1.33 bits per heavy atom. The number of rotatable bonds is 0. The highest BCUT2D eigenvalue weighted by Gasteiger charge is 2.44. The molecule has 0 radical (unpaired) electrons. The Hall–Kier alpha value is -0.120. The molecule has 3 heteroatoms. The zero-order chi connectivity index (χ0) is 7.97. The first-order chi connectivity index (χ1) is 5.95. The minimum atomic E-state index is 0.735. The van der Waals surface area contributed by atoms with Crippen LogP contribution in [0.2, 0.25) is 0 Å². The van der Waals surface area contributed by atoms with E-state index in [-0.39, 0.29) is 0 Å². The first kappa shape index (κ1) is 7.30. The number of fused-ring (bicyclic) bond motifs is 3. The second-order valence-electron chi connectivity index (χ2n) is 4.22. The Labute approximate surface area is 73.1 Å². The molecule has 3 heterocycles. The highest BCUT2D eigenvalue weighted by Crippen LogP contribution is 2.33. The van der Waals surface area contributed by atoms with Gasteiger partial charge in [-0.15, -0.1) is 0 Å². The molecule has 0 spiro atoms. The summed E-state index contributed by atoms with van der Waals surface area (Å²) in [5.41, 5.74) is 0. The van der Waals surface area contributed by atoms with Gasteiger partial charge in [0.05, 0.1) is 13.2 Å². The summed E-state index contributed by atoms with van der Waals surface area (Å²) in [7, 11) is 0. The number of morpholine rings is 1. The lowest BCUT2D eigenvalue weighted by molar-refractivity contribution is 0.00132. The van der Waals surface area contributed by atoms with Crippen LogP contribution in [0.25, 0.3) is 0 Å². The van der Waals surface area contributed by atoms with Crippen molar-refractivity contribution in [2.45, 2.75) is 6.04 Å². The van der Waals surface area contributed by atoms with Crippen molar-refractivity contribution in [1.82, 2.24) is 10.2 Å². The summed E-state index contributed by atoms with van der Waals surface area (Å²) < 4.78 is 5.52. The van der Waals surface area contributed by atoms with E-state index in [1.54, 1.807) is 0 Å². The van der Waals surface area contributed by atoms with Crippen molar-refractivity contribution in [2.24, 2.45) is 11.8 Å². The van der Waals surface area contributed by atoms with Crippen molar-refractivity contribution in [3.8, 4) is 0 Å². The van der Waals surface area contributed by atoms with E-state index in [4.69, 9.17) is 4.74 Å². The highest BCUT2D eigenvalue weighted by atomic mass is 16.5. The fourth-order valence-electron chi connectivity index (χ4n) is 2.98. The average molecular weight is 168 g/mol. The van der Waals surface area contributed by atoms with Gasteiger partial charge < -0.3 is 10.1 Å². The van der Waals surface area contributed by atoms with Gasteiger partial charge in [-0.1, -0.05) is 0 Å². The van der Waals surface area contributed by atoms with Gasteiger partial charge in [0.15, 0.2) is 0 Å². The highest BCUT2D eigenvalue weighted by molar-refractivity contribution is 4.99. The predicted octanol–water partition coefficient (Wildman–Crippen LogP) is -0.464. The third-order valence-corrected chi connectivity index (χ3v) is 3.64. The van der Waals surface area contributed by atoms with Crippen LogP contribution in [0.5, 0.6) is 0 Å². The van der Waals surface area contributed by atoms with Crippen LogP contribution in [0.15, 0.2) is 0 Å². The van der Waals surface area contributed by atoms with Crippen LogP contribution in [0, 0.1) is 11.8 Å². The Morgan fingerprint density at radius 2 is 2.33 bits per heavy atom. The van der Waals surface area contributed by atoms with Crippen molar-refractivity contribution >= 4 is 0 Å². The van der Waals surface area contributed by atoms with Gasteiger partial charge in [-0.05, 0) is 24.9 Å². The summed E-state index contributed by atoms with van der Waals surface area (Å²) in [4.78, 5) is 2.62. The summed E-state index contributed by atoms with van der Waals surface area (Å²) in [5.74, 6) is 1.79. The molecule has 68 valence electrons. The summed E-state index contributed by atoms with van der Waals surface area (Å²) in [6, 6.07) is 0.735. The van der Waals surface area contributed by atoms with Gasteiger partial charge >= 0.3 is 0 Å². The zero-order valence-corrected chi connectivity index (χ0v) is 7.33. The van der Waals surface area contributed by atoms with Gasteiger partial charge in [0.1, 0.15) is 0 Å². The largest absolute Gasteiger partial charge is 0.378 e. The fraction of sp³-hybridized carbons (Fsp3) is 1.00. The van der Waals surface area contributed by atoms with Crippen molar-refractivity contribution in [3.05, 3.63) is 0 Å². The van der Waals surface area contributed by atoms with Gasteiger partial charge in [0.2, 0.25) is 0 Å². The van der Waals surface area contributed by atoms with E-state index in [0.717, 1.165) is 37.6 Å². The zero-order valence-electron chi connectivity index (χ0n) is 7.33. The van der Waals surface area contributed by atoms with Gasteiger partial charge in [-0.25, -0.2) is 0 Å². The van der Waals surface area contributed by atoms with E-state index >= 15 is 0 Å². The van der Waals surface area contributed by atoms with Crippen LogP contribution >= 0.6 is 0 Å². The minimum Gasteiger partial charge on any atom is -0.378 e. The third-order valence-electron chi connectivity index (χ3n) is 3.64. The quantitative estimate of drug-likeness (QED) is 0.529. The van der Waals surface area contributed by atoms with Crippen LogP contribution in [-0.4, -0.2) is 50.3 Å². The summed E-state index contributed by atoms with van der Waals surface area (Å²) in [6.07, 6.45) is 0. The molecule has 3 saturated heterocycles. The molecule has 0 aliphatic carbocycles. The molecule has 3 rings (SSSR count). The van der Waals surface area contributed by atoms with Crippen molar-refractivity contribution in [2.75, 3.05) is 39.4 Å². The summed E-state index contributed by atoms with van der Waals surface area (Å²) in [6.45, 7) is 6.85. The molecule has 0 amide bonds. The Kier molecular flexibility index (Phi) is 1.63. The molecule has 0 aromatic heterocycles. The first-order valence-corrected chi connectivity index (χ1v) is 4.97. The van der Waals surface area contributed by atoms with E-state index in [1.807, 2.05) is 0 Å². The van der Waals surface area contributed by atoms with Crippen LogP contribution < -0.4 is 5.32 Å². The molecule has 0 unspecified atom stereocenters. The number of nitrogens with one attached hydrogen (secondary N) is 1. The Balaban J connectivity index is 1.79. The summed E-state index contributed by atoms with van der Waals surface area (Å²) in [5, 5.41) is 3.48. The lowest BCUT2D eigenvalue weighted by atomic mass is 9.94. The molecule has 3 aliphatic rings. The van der Waals surface area contributed by atoms with Crippen LogP contribution in [-0.2, 0) is 4.74 Å². The van der Waals surface area contributed by atoms with E-state index in [2.05, 4.69) is 10.2 Å². The Morgan fingerprint density at radius 3 is 3.33 bits per heavy atom. The van der Waals surface area contributed by atoms with E-state index in [1.165, 1.54) is 19.6 Å². The van der Waals surface area contributed by atoms with E-state index in [0.29, 0.717) is 0 Å². The van der Waals surface area contributed by atoms with Crippen molar-refractivity contribution in [3.63, 3.8) is 0 Å². The molecule has 3 nitrogen and oxygen atoms in total. The molecular weight excluding hydrogens is 152 g/mol. The predicted molar refractivity (Wildman–Crippen MR) is 46.0 cm³/mol. The Bertz CT molecular complexity index is 185. The van der Waals surface area contributed by atoms with Crippen LogP contribution in [0.4, 0.5) is 0 Å². The SMILES string of the molecule is C1CN2C[C@@H]3CNC[C@H]3[C@@H]2CO1. The normalized spacial score (nSPS) is 47.5. The second kappa shape index (κ2) is 2.69. The maximum atomic E-state index is 5.52. The number of nitrogens with zero attached hydrogens (tertiary/aromatic N) is 1. The molecular formula is C9H16N2O. The van der Waals surface area contributed by atoms with Crippen molar-refractivity contribution < 1.29 is 4.74 Å². The average Bonchev–Trinajstić information content (AvgIpc) is 2.62. The monoisotopic (exact) mass is 168 g/mol. The van der Waals surface area contributed by atoms with E-state index in [9.17, 15) is 0 Å². The lowest BCUT2D eigenvalue weighted by Gasteiger charge is -2.31. The molecule has 3 fully saturated rings. The molecule has 0 aromatic carbocycles. The maximum absolute atomic E-state index is 5.52. The molecule has 0 saturated carbocycles. The van der Waals surface area contributed by atoms with Crippen molar-refractivity contribution in [1.29, 1.82) is 0 Å². The molecule has 3 atom stereocenters. The van der Waals surface area contributed by atoms with Crippen LogP contribution in [0.3, 0.4) is 0 Å². The number of ether oxygens (including phenoxy) is 1. The van der Waals surface area contributed by atoms with Gasteiger partial charge in [-0.2, -0.15) is 0 Å². The number of hydrogen-bond donors (Lipinski definition) is 1. The van der Waals surface area contributed by atoms with Gasteiger partial charge in [0, 0.05) is 19.1 Å². The maximum Gasteiger partial charge on any atom is 0.0625 e. The van der Waals surface area contributed by atoms with Gasteiger partial charge in [-0.3, -0.25) is 4.90 Å².